The van der Waals surface area contributed by atoms with Gasteiger partial charge in [0.2, 0.25) is 0 Å². The van der Waals surface area contributed by atoms with E-state index in [2.05, 4.69) is 10.3 Å². The van der Waals surface area contributed by atoms with Gasteiger partial charge in [-0.15, -0.1) is 0 Å². The summed E-state index contributed by atoms with van der Waals surface area (Å²) in [5.41, 5.74) is 0.584. The predicted molar refractivity (Wildman–Crippen MR) is 121 cm³/mol. The Labute approximate surface area is 193 Å². The highest BCUT2D eigenvalue weighted by Gasteiger charge is 2.41. The lowest BCUT2D eigenvalue weighted by atomic mass is 9.66. The molecule has 2 aromatic rings. The van der Waals surface area contributed by atoms with Gasteiger partial charge < -0.3 is 19.9 Å². The molecule has 0 radical (unpaired) electrons. The maximum absolute atomic E-state index is 12.8. The lowest BCUT2D eigenvalue weighted by Gasteiger charge is -2.42. The van der Waals surface area contributed by atoms with Crippen molar-refractivity contribution in [3.63, 3.8) is 0 Å². The zero-order valence-electron chi connectivity index (χ0n) is 18.6. The van der Waals surface area contributed by atoms with E-state index in [0.717, 1.165) is 37.7 Å². The van der Waals surface area contributed by atoms with Crippen LogP contribution in [0.3, 0.4) is 0 Å². The number of benzene rings is 1. The molecule has 1 aliphatic carbocycles. The topological polar surface area (TPSA) is 97.8 Å². The monoisotopic (exact) mass is 460 g/mol. The van der Waals surface area contributed by atoms with E-state index in [1.165, 1.54) is 19.4 Å². The van der Waals surface area contributed by atoms with Crippen LogP contribution in [0.1, 0.15) is 62.0 Å². The fourth-order valence-electron chi connectivity index (χ4n) is 4.37. The van der Waals surface area contributed by atoms with Gasteiger partial charge in [-0.1, -0.05) is 43.0 Å². The number of carbonyl (C=O) groups excluding carboxylic acids is 2. The highest BCUT2D eigenvalue weighted by atomic mass is 35.5. The molecule has 1 saturated carbocycles. The van der Waals surface area contributed by atoms with E-state index >= 15 is 0 Å². The van der Waals surface area contributed by atoms with E-state index < -0.39 is 17.9 Å². The molecule has 1 heterocycles. The first-order valence-corrected chi connectivity index (χ1v) is 11.2. The Morgan fingerprint density at radius 1 is 1.12 bits per heavy atom. The number of ether oxygens (including phenoxy) is 2. The standard InChI is InChI=1S/C24H29ClN2O5/c1-15(27-22(29)20-21(28)19(31-3)11-14-26-20)23(30)32-16(2)24(12-5-4-6-13-24)17-7-9-18(25)10-8-17/h7-11,14-16,28H,4-6,12-13H2,1-3H3,(H,27,29). The second-order valence-electron chi connectivity index (χ2n) is 8.21. The molecular weight excluding hydrogens is 432 g/mol. The largest absolute Gasteiger partial charge is 0.503 e. The molecular formula is C24H29ClN2O5. The highest BCUT2D eigenvalue weighted by molar-refractivity contribution is 6.30. The molecule has 8 heteroatoms. The van der Waals surface area contributed by atoms with E-state index in [1.807, 2.05) is 31.2 Å². The summed E-state index contributed by atoms with van der Waals surface area (Å²) in [6.07, 6.45) is 6.03. The normalized spacial score (nSPS) is 17.1. The number of esters is 1. The van der Waals surface area contributed by atoms with Gasteiger partial charge in [0, 0.05) is 22.7 Å². The van der Waals surface area contributed by atoms with Crippen LogP contribution in [0.2, 0.25) is 5.02 Å². The van der Waals surface area contributed by atoms with Gasteiger partial charge in [-0.2, -0.15) is 0 Å². The fourth-order valence-corrected chi connectivity index (χ4v) is 4.50. The molecule has 2 N–H and O–H groups in total. The van der Waals surface area contributed by atoms with Crippen LogP contribution in [0.5, 0.6) is 11.5 Å². The Hall–Kier alpha value is -2.80. The van der Waals surface area contributed by atoms with Crippen LogP contribution in [0.15, 0.2) is 36.5 Å². The molecule has 1 fully saturated rings. The smallest absolute Gasteiger partial charge is 0.328 e. The number of rotatable bonds is 7. The van der Waals surface area contributed by atoms with Crippen molar-refractivity contribution in [1.82, 2.24) is 10.3 Å². The van der Waals surface area contributed by atoms with Gasteiger partial charge in [-0.3, -0.25) is 4.79 Å². The number of hydrogen-bond donors (Lipinski definition) is 2. The third kappa shape index (κ3) is 4.99. The average Bonchev–Trinajstić information content (AvgIpc) is 2.79. The van der Waals surface area contributed by atoms with Crippen molar-refractivity contribution in [2.45, 2.75) is 63.5 Å². The van der Waals surface area contributed by atoms with E-state index in [4.69, 9.17) is 21.1 Å². The van der Waals surface area contributed by atoms with Crippen LogP contribution in [0, 0.1) is 0 Å². The quantitative estimate of drug-likeness (QED) is 0.594. The SMILES string of the molecule is COc1ccnc(C(=O)NC(C)C(=O)OC(C)C2(c3ccc(Cl)cc3)CCCCC2)c1O. The Morgan fingerprint density at radius 2 is 1.78 bits per heavy atom. The lowest BCUT2D eigenvalue weighted by Crippen LogP contribution is -2.46. The number of methoxy groups -OCH3 is 1. The summed E-state index contributed by atoms with van der Waals surface area (Å²) in [5, 5.41) is 13.3. The summed E-state index contributed by atoms with van der Waals surface area (Å²) >= 11 is 6.07. The van der Waals surface area contributed by atoms with E-state index in [-0.39, 0.29) is 28.7 Å². The first kappa shape index (κ1) is 23.9. The summed E-state index contributed by atoms with van der Waals surface area (Å²) in [5.74, 6) is -1.50. The maximum atomic E-state index is 12.8. The van der Waals surface area contributed by atoms with Gasteiger partial charge >= 0.3 is 5.97 Å². The van der Waals surface area contributed by atoms with E-state index in [0.29, 0.717) is 5.02 Å². The molecule has 0 spiro atoms. The number of halogens is 1. The number of hydrogen-bond acceptors (Lipinski definition) is 6. The Kier molecular flexibility index (Phi) is 7.61. The van der Waals surface area contributed by atoms with Crippen LogP contribution < -0.4 is 10.1 Å². The predicted octanol–water partition coefficient (Wildman–Crippen LogP) is 4.40. The van der Waals surface area contributed by atoms with Crippen LogP contribution >= 0.6 is 11.6 Å². The maximum Gasteiger partial charge on any atom is 0.328 e. The van der Waals surface area contributed by atoms with Crippen LogP contribution in [0.4, 0.5) is 0 Å². The van der Waals surface area contributed by atoms with Gasteiger partial charge in [0.1, 0.15) is 12.1 Å². The number of pyridine rings is 1. The van der Waals surface area contributed by atoms with Gasteiger partial charge in [-0.05, 0) is 44.4 Å². The van der Waals surface area contributed by atoms with E-state index in [1.54, 1.807) is 6.92 Å². The molecule has 1 amide bonds. The molecule has 1 aromatic heterocycles. The first-order valence-electron chi connectivity index (χ1n) is 10.8. The minimum absolute atomic E-state index is 0.121. The van der Waals surface area contributed by atoms with Crippen LogP contribution in [-0.2, 0) is 14.9 Å². The lowest BCUT2D eigenvalue weighted by molar-refractivity contribution is -0.154. The average molecular weight is 461 g/mol. The van der Waals surface area contributed by atoms with Crippen molar-refractivity contribution in [3.05, 3.63) is 52.8 Å². The molecule has 0 aliphatic heterocycles. The molecule has 3 rings (SSSR count). The molecule has 0 saturated heterocycles. The van der Waals surface area contributed by atoms with Gasteiger partial charge in [-0.25, -0.2) is 9.78 Å². The van der Waals surface area contributed by atoms with Gasteiger partial charge in [0.05, 0.1) is 7.11 Å². The molecule has 7 nitrogen and oxygen atoms in total. The Morgan fingerprint density at radius 3 is 2.41 bits per heavy atom. The summed E-state index contributed by atoms with van der Waals surface area (Å²) < 4.78 is 10.9. The number of carbonyl (C=O) groups is 2. The molecule has 1 aliphatic rings. The van der Waals surface area contributed by atoms with Crippen molar-refractivity contribution in [3.8, 4) is 11.5 Å². The summed E-state index contributed by atoms with van der Waals surface area (Å²) in [6.45, 7) is 3.45. The molecule has 0 bridgehead atoms. The van der Waals surface area contributed by atoms with Gasteiger partial charge in [0.15, 0.2) is 17.2 Å². The highest BCUT2D eigenvalue weighted by Crippen LogP contribution is 2.43. The minimum Gasteiger partial charge on any atom is -0.503 e. The van der Waals surface area contributed by atoms with Crippen molar-refractivity contribution in [2.24, 2.45) is 0 Å². The number of nitrogens with zero attached hydrogens (tertiary/aromatic N) is 1. The second-order valence-corrected chi connectivity index (χ2v) is 8.64. The van der Waals surface area contributed by atoms with Crippen molar-refractivity contribution in [1.29, 1.82) is 0 Å². The van der Waals surface area contributed by atoms with Gasteiger partial charge in [0.25, 0.3) is 5.91 Å². The minimum atomic E-state index is -0.928. The molecule has 1 aromatic carbocycles. The number of nitrogens with one attached hydrogen (secondary N) is 1. The fraction of sp³-hybridized carbons (Fsp3) is 0.458. The van der Waals surface area contributed by atoms with Crippen LogP contribution in [0.25, 0.3) is 0 Å². The molecule has 2 unspecified atom stereocenters. The third-order valence-corrected chi connectivity index (χ3v) is 6.51. The van der Waals surface area contributed by atoms with Crippen LogP contribution in [-0.4, -0.2) is 41.2 Å². The first-order chi connectivity index (χ1) is 15.3. The third-order valence-electron chi connectivity index (χ3n) is 6.26. The Balaban J connectivity index is 1.71. The molecule has 2 atom stereocenters. The number of aromatic nitrogens is 1. The number of aromatic hydroxyl groups is 1. The van der Waals surface area contributed by atoms with Crippen molar-refractivity contribution < 1.29 is 24.2 Å². The van der Waals surface area contributed by atoms with Crippen molar-refractivity contribution >= 4 is 23.5 Å². The number of amides is 1. The van der Waals surface area contributed by atoms with Crippen molar-refractivity contribution in [2.75, 3.05) is 7.11 Å². The Bertz CT molecular complexity index is 957. The summed E-state index contributed by atoms with van der Waals surface area (Å²) in [7, 11) is 1.37. The zero-order chi connectivity index (χ0) is 23.3. The summed E-state index contributed by atoms with van der Waals surface area (Å²) in [6, 6.07) is 8.23. The molecule has 32 heavy (non-hydrogen) atoms. The zero-order valence-corrected chi connectivity index (χ0v) is 19.3. The van der Waals surface area contributed by atoms with E-state index in [9.17, 15) is 14.7 Å². The summed E-state index contributed by atoms with van der Waals surface area (Å²) in [4.78, 5) is 29.3. The second kappa shape index (κ2) is 10.2. The molecule has 172 valence electrons.